The van der Waals surface area contributed by atoms with Crippen LogP contribution in [0.25, 0.3) is 0 Å². The van der Waals surface area contributed by atoms with Crippen molar-refractivity contribution >= 4 is 11.6 Å². The summed E-state index contributed by atoms with van der Waals surface area (Å²) in [5, 5.41) is 6.47. The van der Waals surface area contributed by atoms with E-state index in [4.69, 9.17) is 0 Å². The summed E-state index contributed by atoms with van der Waals surface area (Å²) in [6.45, 7) is 7.24. The second-order valence-corrected chi connectivity index (χ2v) is 6.00. The minimum Gasteiger partial charge on any atom is -0.385 e. The molecular formula is C17H26N2O. The van der Waals surface area contributed by atoms with Crippen LogP contribution in [0, 0.1) is 12.8 Å². The van der Waals surface area contributed by atoms with Crippen molar-refractivity contribution in [2.24, 2.45) is 5.92 Å². The lowest BCUT2D eigenvalue weighted by molar-refractivity contribution is 0.0921. The molecule has 0 aromatic heterocycles. The van der Waals surface area contributed by atoms with Gasteiger partial charge in [-0.1, -0.05) is 19.8 Å². The van der Waals surface area contributed by atoms with Gasteiger partial charge in [-0.05, 0) is 56.4 Å². The molecule has 1 aliphatic carbocycles. The van der Waals surface area contributed by atoms with Crippen LogP contribution in [0.5, 0.6) is 0 Å². The SMILES string of the molecule is CCNc1ccc(C(=O)NC2CCCC(C)C2)c(C)c1. The number of carbonyl (C=O) groups is 1. The molecule has 1 saturated carbocycles. The molecule has 0 aliphatic heterocycles. The van der Waals surface area contributed by atoms with Gasteiger partial charge < -0.3 is 10.6 Å². The van der Waals surface area contributed by atoms with Gasteiger partial charge in [-0.15, -0.1) is 0 Å². The van der Waals surface area contributed by atoms with E-state index in [1.165, 1.54) is 12.8 Å². The number of hydrogen-bond donors (Lipinski definition) is 2. The standard InChI is InChI=1S/C17H26N2O/c1-4-18-14-8-9-16(13(3)11-14)17(20)19-15-7-5-6-12(2)10-15/h8-9,11-12,15,18H,4-7,10H2,1-3H3,(H,19,20). The summed E-state index contributed by atoms with van der Waals surface area (Å²) < 4.78 is 0. The van der Waals surface area contributed by atoms with E-state index >= 15 is 0 Å². The molecule has 0 spiro atoms. The highest BCUT2D eigenvalue weighted by atomic mass is 16.1. The Morgan fingerprint density at radius 3 is 2.80 bits per heavy atom. The van der Waals surface area contributed by atoms with Gasteiger partial charge in [-0.2, -0.15) is 0 Å². The first-order chi connectivity index (χ1) is 9.60. The minimum atomic E-state index is 0.0737. The van der Waals surface area contributed by atoms with Gasteiger partial charge in [0.05, 0.1) is 0 Å². The molecule has 2 unspecified atom stereocenters. The molecule has 2 atom stereocenters. The van der Waals surface area contributed by atoms with Gasteiger partial charge in [-0.25, -0.2) is 0 Å². The van der Waals surface area contributed by atoms with Gasteiger partial charge in [0.15, 0.2) is 0 Å². The highest BCUT2D eigenvalue weighted by molar-refractivity contribution is 5.96. The molecule has 0 saturated heterocycles. The molecule has 2 N–H and O–H groups in total. The quantitative estimate of drug-likeness (QED) is 0.878. The Morgan fingerprint density at radius 1 is 1.35 bits per heavy atom. The van der Waals surface area contributed by atoms with Crippen molar-refractivity contribution in [1.29, 1.82) is 0 Å². The second kappa shape index (κ2) is 6.78. The molecule has 20 heavy (non-hydrogen) atoms. The van der Waals surface area contributed by atoms with Crippen LogP contribution >= 0.6 is 0 Å². The fourth-order valence-electron chi connectivity index (χ4n) is 3.06. The number of benzene rings is 1. The Morgan fingerprint density at radius 2 is 2.15 bits per heavy atom. The molecule has 0 heterocycles. The maximum atomic E-state index is 12.4. The second-order valence-electron chi connectivity index (χ2n) is 6.00. The predicted molar refractivity (Wildman–Crippen MR) is 84.2 cm³/mol. The van der Waals surface area contributed by atoms with Crippen LogP contribution < -0.4 is 10.6 Å². The summed E-state index contributed by atoms with van der Waals surface area (Å²) in [5.74, 6) is 0.802. The number of rotatable bonds is 4. The number of nitrogens with one attached hydrogen (secondary N) is 2. The van der Waals surface area contributed by atoms with Crippen LogP contribution in [0.1, 0.15) is 55.5 Å². The van der Waals surface area contributed by atoms with Crippen LogP contribution in [0.2, 0.25) is 0 Å². The van der Waals surface area contributed by atoms with Crippen molar-refractivity contribution in [2.45, 2.75) is 52.5 Å². The van der Waals surface area contributed by atoms with Crippen LogP contribution in [-0.2, 0) is 0 Å². The summed E-state index contributed by atoms with van der Waals surface area (Å²) in [6, 6.07) is 6.30. The maximum absolute atomic E-state index is 12.4. The Hall–Kier alpha value is -1.51. The number of aryl methyl sites for hydroxylation is 1. The molecular weight excluding hydrogens is 248 g/mol. The maximum Gasteiger partial charge on any atom is 0.251 e. The lowest BCUT2D eigenvalue weighted by Crippen LogP contribution is -2.38. The summed E-state index contributed by atoms with van der Waals surface area (Å²) in [4.78, 5) is 12.4. The summed E-state index contributed by atoms with van der Waals surface area (Å²) >= 11 is 0. The van der Waals surface area contributed by atoms with Gasteiger partial charge in [0.25, 0.3) is 5.91 Å². The third-order valence-corrected chi connectivity index (χ3v) is 4.12. The van der Waals surface area contributed by atoms with Crippen LogP contribution in [0.15, 0.2) is 18.2 Å². The lowest BCUT2D eigenvalue weighted by Gasteiger charge is -2.27. The third kappa shape index (κ3) is 3.75. The molecule has 1 aliphatic rings. The zero-order chi connectivity index (χ0) is 14.5. The van der Waals surface area contributed by atoms with E-state index in [9.17, 15) is 4.79 Å². The van der Waals surface area contributed by atoms with Crippen molar-refractivity contribution in [2.75, 3.05) is 11.9 Å². The fraction of sp³-hybridized carbons (Fsp3) is 0.588. The fourth-order valence-corrected chi connectivity index (χ4v) is 3.06. The molecule has 3 heteroatoms. The first kappa shape index (κ1) is 14.9. The van der Waals surface area contributed by atoms with E-state index in [1.54, 1.807) is 0 Å². The normalized spacial score (nSPS) is 22.4. The van der Waals surface area contributed by atoms with Crippen LogP contribution in [0.3, 0.4) is 0 Å². The number of anilines is 1. The molecule has 1 amide bonds. The van der Waals surface area contributed by atoms with Gasteiger partial charge in [0.1, 0.15) is 0 Å². The Kier molecular flexibility index (Phi) is 5.05. The van der Waals surface area contributed by atoms with Crippen LogP contribution in [-0.4, -0.2) is 18.5 Å². The Bertz CT molecular complexity index is 470. The number of amides is 1. The first-order valence-electron chi connectivity index (χ1n) is 7.75. The predicted octanol–water partition coefficient (Wildman–Crippen LogP) is 3.74. The van der Waals surface area contributed by atoms with Gasteiger partial charge in [-0.3, -0.25) is 4.79 Å². The Labute approximate surface area is 122 Å². The smallest absolute Gasteiger partial charge is 0.251 e. The first-order valence-corrected chi connectivity index (χ1v) is 7.75. The summed E-state index contributed by atoms with van der Waals surface area (Å²) in [5.41, 5.74) is 2.91. The molecule has 0 bridgehead atoms. The van der Waals surface area contributed by atoms with E-state index in [0.29, 0.717) is 6.04 Å². The number of carbonyl (C=O) groups excluding carboxylic acids is 1. The molecule has 110 valence electrons. The van der Waals surface area contributed by atoms with Crippen molar-refractivity contribution < 1.29 is 4.79 Å². The molecule has 3 nitrogen and oxygen atoms in total. The van der Waals surface area contributed by atoms with Crippen LogP contribution in [0.4, 0.5) is 5.69 Å². The lowest BCUT2D eigenvalue weighted by atomic mass is 9.87. The average molecular weight is 274 g/mol. The van der Waals surface area contributed by atoms with E-state index in [1.807, 2.05) is 25.1 Å². The average Bonchev–Trinajstić information content (AvgIpc) is 2.39. The summed E-state index contributed by atoms with van der Waals surface area (Å²) in [6.07, 6.45) is 4.75. The third-order valence-electron chi connectivity index (χ3n) is 4.12. The van der Waals surface area contributed by atoms with Gasteiger partial charge in [0, 0.05) is 23.8 Å². The van der Waals surface area contributed by atoms with Crippen molar-refractivity contribution in [3.8, 4) is 0 Å². The monoisotopic (exact) mass is 274 g/mol. The highest BCUT2D eigenvalue weighted by Crippen LogP contribution is 2.24. The van der Waals surface area contributed by atoms with E-state index in [-0.39, 0.29) is 5.91 Å². The molecule has 1 fully saturated rings. The van der Waals surface area contributed by atoms with E-state index in [0.717, 1.165) is 42.1 Å². The topological polar surface area (TPSA) is 41.1 Å². The number of hydrogen-bond acceptors (Lipinski definition) is 2. The highest BCUT2D eigenvalue weighted by Gasteiger charge is 2.21. The van der Waals surface area contributed by atoms with Crippen molar-refractivity contribution in [1.82, 2.24) is 5.32 Å². The van der Waals surface area contributed by atoms with Crippen molar-refractivity contribution in [3.63, 3.8) is 0 Å². The zero-order valence-corrected chi connectivity index (χ0v) is 12.8. The molecule has 1 aromatic carbocycles. The summed E-state index contributed by atoms with van der Waals surface area (Å²) in [7, 11) is 0. The molecule has 0 radical (unpaired) electrons. The Balaban J connectivity index is 2.01. The van der Waals surface area contributed by atoms with E-state index < -0.39 is 0 Å². The van der Waals surface area contributed by atoms with E-state index in [2.05, 4.69) is 24.5 Å². The van der Waals surface area contributed by atoms with Gasteiger partial charge >= 0.3 is 0 Å². The zero-order valence-electron chi connectivity index (χ0n) is 12.8. The largest absolute Gasteiger partial charge is 0.385 e. The molecule has 2 rings (SSSR count). The minimum absolute atomic E-state index is 0.0737. The van der Waals surface area contributed by atoms with Gasteiger partial charge in [0.2, 0.25) is 0 Å². The molecule has 1 aromatic rings. The van der Waals surface area contributed by atoms with Crippen molar-refractivity contribution in [3.05, 3.63) is 29.3 Å².